The molecule has 1 heterocycles. The number of ether oxygens (including phenoxy) is 1. The second-order valence-electron chi connectivity index (χ2n) is 8.64. The lowest BCUT2D eigenvalue weighted by molar-refractivity contribution is -0.118. The number of fused-ring (bicyclic) bond motifs is 1. The summed E-state index contributed by atoms with van der Waals surface area (Å²) in [6.07, 6.45) is 6.59. The number of nitrogens with zero attached hydrogens (tertiary/aromatic N) is 1. The molecule has 0 radical (unpaired) electrons. The fourth-order valence-electron chi connectivity index (χ4n) is 4.81. The number of likely N-dealkylation sites (tertiary alicyclic amines) is 1. The zero-order valence-electron chi connectivity index (χ0n) is 18.1. The second-order valence-corrected chi connectivity index (χ2v) is 8.64. The van der Waals surface area contributed by atoms with Gasteiger partial charge in [0.05, 0.1) is 13.7 Å². The van der Waals surface area contributed by atoms with Gasteiger partial charge in [-0.1, -0.05) is 19.3 Å². The van der Waals surface area contributed by atoms with Crippen molar-refractivity contribution in [3.63, 3.8) is 0 Å². The summed E-state index contributed by atoms with van der Waals surface area (Å²) >= 11 is 0. The lowest BCUT2D eigenvalue weighted by atomic mass is 9.75. The molecule has 0 spiro atoms. The van der Waals surface area contributed by atoms with Crippen molar-refractivity contribution in [2.24, 2.45) is 11.8 Å². The molecule has 1 saturated heterocycles. The Morgan fingerprint density at radius 2 is 1.55 bits per heavy atom. The van der Waals surface area contributed by atoms with Crippen molar-refractivity contribution in [3.05, 3.63) is 54.1 Å². The minimum Gasteiger partial charge on any atom is -0.497 e. The van der Waals surface area contributed by atoms with Gasteiger partial charge in [0.1, 0.15) is 5.75 Å². The Labute approximate surface area is 184 Å². The van der Waals surface area contributed by atoms with E-state index in [9.17, 15) is 9.59 Å². The van der Waals surface area contributed by atoms with Gasteiger partial charge < -0.3 is 15.4 Å². The van der Waals surface area contributed by atoms with E-state index in [1.54, 1.807) is 55.6 Å². The first kappa shape index (κ1) is 21.4. The maximum atomic E-state index is 12.5. The smallest absolute Gasteiger partial charge is 0.255 e. The molecular weight excluding hydrogens is 390 g/mol. The molecule has 0 aromatic heterocycles. The van der Waals surface area contributed by atoms with Gasteiger partial charge in [-0.3, -0.25) is 14.5 Å². The standard InChI is InChI=1S/C25H31N3O3/c1-31-23-12-10-22(11-13-23)27-25(30)19-6-8-21(9-7-19)26-24(29)17-28-15-14-18-4-2-3-5-20(18)16-28/h6-13,18,20H,2-5,14-17H2,1H3,(H,26,29)(H,27,30)/t18-,20+/m0/s1. The van der Waals surface area contributed by atoms with Crippen LogP contribution in [0.25, 0.3) is 0 Å². The predicted octanol–water partition coefficient (Wildman–Crippen LogP) is 4.40. The largest absolute Gasteiger partial charge is 0.497 e. The Morgan fingerprint density at radius 1 is 0.903 bits per heavy atom. The van der Waals surface area contributed by atoms with Crippen LogP contribution in [-0.4, -0.2) is 43.5 Å². The summed E-state index contributed by atoms with van der Waals surface area (Å²) in [5.74, 6) is 2.17. The third kappa shape index (κ3) is 5.64. The van der Waals surface area contributed by atoms with E-state index in [1.165, 1.54) is 32.1 Å². The number of methoxy groups -OCH3 is 1. The number of benzene rings is 2. The maximum Gasteiger partial charge on any atom is 0.255 e. The summed E-state index contributed by atoms with van der Waals surface area (Å²) in [6, 6.07) is 14.2. The van der Waals surface area contributed by atoms with Gasteiger partial charge in [0.2, 0.25) is 5.91 Å². The molecule has 164 valence electrons. The average molecular weight is 422 g/mol. The Hall–Kier alpha value is -2.86. The Morgan fingerprint density at radius 3 is 2.26 bits per heavy atom. The number of hydrogen-bond acceptors (Lipinski definition) is 4. The van der Waals surface area contributed by atoms with Crippen LogP contribution in [0, 0.1) is 11.8 Å². The van der Waals surface area contributed by atoms with Crippen LogP contribution >= 0.6 is 0 Å². The second kappa shape index (κ2) is 9.96. The quantitative estimate of drug-likeness (QED) is 0.725. The highest BCUT2D eigenvalue weighted by Crippen LogP contribution is 2.35. The van der Waals surface area contributed by atoms with Crippen LogP contribution in [0.4, 0.5) is 11.4 Å². The summed E-state index contributed by atoms with van der Waals surface area (Å²) in [5, 5.41) is 5.82. The topological polar surface area (TPSA) is 70.7 Å². The molecule has 2 amide bonds. The zero-order valence-corrected chi connectivity index (χ0v) is 18.1. The van der Waals surface area contributed by atoms with E-state index in [0.717, 1.165) is 30.7 Å². The number of carbonyl (C=O) groups is 2. The van der Waals surface area contributed by atoms with Crippen molar-refractivity contribution in [2.75, 3.05) is 37.4 Å². The molecule has 6 nitrogen and oxygen atoms in total. The Balaban J connectivity index is 1.26. The van der Waals surface area contributed by atoms with E-state index in [2.05, 4.69) is 15.5 Å². The number of hydrogen-bond donors (Lipinski definition) is 2. The molecule has 2 N–H and O–H groups in total. The van der Waals surface area contributed by atoms with E-state index >= 15 is 0 Å². The molecule has 0 bridgehead atoms. The molecule has 2 aliphatic rings. The normalized spacial score (nSPS) is 21.1. The minimum absolute atomic E-state index is 0.00435. The molecule has 1 aliphatic heterocycles. The molecular formula is C25H31N3O3. The third-order valence-electron chi connectivity index (χ3n) is 6.52. The molecule has 31 heavy (non-hydrogen) atoms. The first-order chi connectivity index (χ1) is 15.1. The van der Waals surface area contributed by atoms with Gasteiger partial charge in [-0.2, -0.15) is 0 Å². The average Bonchev–Trinajstić information content (AvgIpc) is 2.80. The highest BCUT2D eigenvalue weighted by atomic mass is 16.5. The first-order valence-electron chi connectivity index (χ1n) is 11.2. The van der Waals surface area contributed by atoms with Crippen LogP contribution in [0.5, 0.6) is 5.75 Å². The van der Waals surface area contributed by atoms with Gasteiger partial charge in [-0.15, -0.1) is 0 Å². The zero-order chi connectivity index (χ0) is 21.6. The fraction of sp³-hybridized carbons (Fsp3) is 0.440. The van der Waals surface area contributed by atoms with Gasteiger partial charge >= 0.3 is 0 Å². The van der Waals surface area contributed by atoms with Crippen LogP contribution in [0.2, 0.25) is 0 Å². The highest BCUT2D eigenvalue weighted by Gasteiger charge is 2.31. The summed E-state index contributed by atoms with van der Waals surface area (Å²) in [6.45, 7) is 2.49. The van der Waals surface area contributed by atoms with Crippen molar-refractivity contribution in [2.45, 2.75) is 32.1 Å². The number of anilines is 2. The number of piperidine rings is 1. The molecule has 4 rings (SSSR count). The predicted molar refractivity (Wildman–Crippen MR) is 123 cm³/mol. The van der Waals surface area contributed by atoms with Crippen molar-refractivity contribution in [1.29, 1.82) is 0 Å². The van der Waals surface area contributed by atoms with Gasteiger partial charge in [-0.25, -0.2) is 0 Å². The molecule has 6 heteroatoms. The van der Waals surface area contributed by atoms with Crippen LogP contribution < -0.4 is 15.4 Å². The summed E-state index contributed by atoms with van der Waals surface area (Å²) in [7, 11) is 1.60. The van der Waals surface area contributed by atoms with E-state index in [4.69, 9.17) is 4.74 Å². The lowest BCUT2D eigenvalue weighted by Gasteiger charge is -2.41. The van der Waals surface area contributed by atoms with E-state index < -0.39 is 0 Å². The highest BCUT2D eigenvalue weighted by molar-refractivity contribution is 6.04. The molecule has 0 unspecified atom stereocenters. The van der Waals surface area contributed by atoms with Crippen LogP contribution in [-0.2, 0) is 4.79 Å². The van der Waals surface area contributed by atoms with Crippen molar-refractivity contribution in [3.8, 4) is 5.75 Å². The number of amides is 2. The molecule has 1 saturated carbocycles. The summed E-state index contributed by atoms with van der Waals surface area (Å²) in [4.78, 5) is 27.2. The molecule has 2 aromatic carbocycles. The van der Waals surface area contributed by atoms with Gasteiger partial charge in [0, 0.05) is 23.5 Å². The number of nitrogens with one attached hydrogen (secondary N) is 2. The Kier molecular flexibility index (Phi) is 6.87. The van der Waals surface area contributed by atoms with E-state index in [1.807, 2.05) is 0 Å². The summed E-state index contributed by atoms with van der Waals surface area (Å²) < 4.78 is 5.12. The van der Waals surface area contributed by atoms with Gasteiger partial charge in [-0.05, 0) is 79.8 Å². The van der Waals surface area contributed by atoms with Gasteiger partial charge in [0.15, 0.2) is 0 Å². The van der Waals surface area contributed by atoms with Crippen LogP contribution in [0.15, 0.2) is 48.5 Å². The third-order valence-corrected chi connectivity index (χ3v) is 6.52. The number of carbonyl (C=O) groups excluding carboxylic acids is 2. The number of rotatable bonds is 6. The minimum atomic E-state index is -0.196. The van der Waals surface area contributed by atoms with E-state index in [0.29, 0.717) is 23.5 Å². The molecule has 1 aliphatic carbocycles. The monoisotopic (exact) mass is 421 g/mol. The van der Waals surface area contributed by atoms with Crippen LogP contribution in [0.1, 0.15) is 42.5 Å². The van der Waals surface area contributed by atoms with Crippen LogP contribution in [0.3, 0.4) is 0 Å². The van der Waals surface area contributed by atoms with Crippen molar-refractivity contribution >= 4 is 23.2 Å². The van der Waals surface area contributed by atoms with Gasteiger partial charge in [0.25, 0.3) is 5.91 Å². The SMILES string of the molecule is COc1ccc(NC(=O)c2ccc(NC(=O)CN3CC[C@@H]4CCCC[C@@H]4C3)cc2)cc1. The van der Waals surface area contributed by atoms with E-state index in [-0.39, 0.29) is 11.8 Å². The Bertz CT molecular complexity index is 895. The molecule has 2 fully saturated rings. The lowest BCUT2D eigenvalue weighted by Crippen LogP contribution is -2.44. The fourth-order valence-corrected chi connectivity index (χ4v) is 4.81. The molecule has 2 aromatic rings. The first-order valence-corrected chi connectivity index (χ1v) is 11.2. The maximum absolute atomic E-state index is 12.5. The van der Waals surface area contributed by atoms with Crippen molar-refractivity contribution < 1.29 is 14.3 Å². The summed E-state index contributed by atoms with van der Waals surface area (Å²) in [5.41, 5.74) is 1.94. The molecule has 2 atom stereocenters. The van der Waals surface area contributed by atoms with Crippen molar-refractivity contribution in [1.82, 2.24) is 4.90 Å².